The average molecular weight is 307 g/mol. The van der Waals surface area contributed by atoms with Crippen LogP contribution in [0.25, 0.3) is 0 Å². The first-order valence-electron chi connectivity index (χ1n) is 7.88. The van der Waals surface area contributed by atoms with Crippen LogP contribution in [0.1, 0.15) is 57.1 Å². The van der Waals surface area contributed by atoms with Crippen LogP contribution < -0.4 is 5.73 Å². The highest BCUT2D eigenvalue weighted by Gasteiger charge is 2.35. The fourth-order valence-corrected chi connectivity index (χ4v) is 2.88. The smallest absolute Gasteiger partial charge is 0.302 e. The Kier molecular flexibility index (Phi) is 5.80. The highest BCUT2D eigenvalue weighted by atomic mass is 16.6. The van der Waals surface area contributed by atoms with Crippen molar-refractivity contribution in [2.45, 2.75) is 57.3 Å². The lowest BCUT2D eigenvalue weighted by Gasteiger charge is -2.30. The van der Waals surface area contributed by atoms with Gasteiger partial charge in [-0.05, 0) is 31.7 Å². The maximum Gasteiger partial charge on any atom is 0.302 e. The van der Waals surface area contributed by atoms with E-state index in [-0.39, 0.29) is 12.1 Å². The first-order valence-corrected chi connectivity index (χ1v) is 7.88. The Bertz CT molecular complexity index is 497. The molecule has 0 aliphatic heterocycles. The van der Waals surface area contributed by atoms with Gasteiger partial charge >= 0.3 is 5.97 Å². The summed E-state index contributed by atoms with van der Waals surface area (Å²) in [7, 11) is 0. The number of carbonyl (C=O) groups is 1. The van der Waals surface area contributed by atoms with Crippen molar-refractivity contribution < 1.29 is 19.4 Å². The first kappa shape index (κ1) is 16.8. The number of carbonyl (C=O) groups excluding carboxylic acids is 1. The lowest BCUT2D eigenvalue weighted by atomic mass is 10.0. The average Bonchev–Trinajstić information content (AvgIpc) is 2.89. The van der Waals surface area contributed by atoms with Gasteiger partial charge in [-0.15, -0.1) is 0 Å². The van der Waals surface area contributed by atoms with E-state index in [9.17, 15) is 9.90 Å². The van der Waals surface area contributed by atoms with Gasteiger partial charge < -0.3 is 20.3 Å². The Morgan fingerprint density at radius 2 is 2.05 bits per heavy atom. The van der Waals surface area contributed by atoms with Crippen LogP contribution in [0.3, 0.4) is 0 Å². The Balaban J connectivity index is 2.03. The molecule has 1 fully saturated rings. The molecule has 2 rings (SSSR count). The van der Waals surface area contributed by atoms with E-state index in [1.54, 1.807) is 0 Å². The molecule has 0 radical (unpaired) electrons. The molecule has 1 atom stereocenters. The molecule has 0 amide bonds. The van der Waals surface area contributed by atoms with Crippen LogP contribution in [0.15, 0.2) is 24.3 Å². The highest BCUT2D eigenvalue weighted by Crippen LogP contribution is 2.38. The van der Waals surface area contributed by atoms with Crippen molar-refractivity contribution in [3.63, 3.8) is 0 Å². The fourth-order valence-electron chi connectivity index (χ4n) is 2.88. The Morgan fingerprint density at radius 3 is 2.68 bits per heavy atom. The molecule has 122 valence electrons. The van der Waals surface area contributed by atoms with Gasteiger partial charge in [-0.1, -0.05) is 18.2 Å². The summed E-state index contributed by atoms with van der Waals surface area (Å²) in [5.74, 6) is -1.35. The molecule has 0 heterocycles. The summed E-state index contributed by atoms with van der Waals surface area (Å²) < 4.78 is 11.0. The van der Waals surface area contributed by atoms with Gasteiger partial charge in [-0.3, -0.25) is 4.79 Å². The zero-order chi connectivity index (χ0) is 16.0. The van der Waals surface area contributed by atoms with E-state index in [2.05, 4.69) is 0 Å². The van der Waals surface area contributed by atoms with Crippen molar-refractivity contribution >= 4 is 11.7 Å². The summed E-state index contributed by atoms with van der Waals surface area (Å²) in [5, 5.41) is 10.5. The SMILES string of the molecule is CC(=O)OCCC[C@@H](OC1(O)CCCC1)c1ccccc1N. The Labute approximate surface area is 131 Å². The summed E-state index contributed by atoms with van der Waals surface area (Å²) in [6.07, 6.45) is 4.26. The standard InChI is InChI=1S/C17H25NO4/c1-13(19)21-12-6-9-16(14-7-2-3-8-15(14)18)22-17(20)10-4-5-11-17/h2-3,7-8,16,20H,4-6,9-12,18H2,1H3/t16-/m1/s1. The predicted octanol–water partition coefficient (Wildman–Crippen LogP) is 2.93. The molecule has 5 heteroatoms. The summed E-state index contributed by atoms with van der Waals surface area (Å²) >= 11 is 0. The van der Waals surface area contributed by atoms with Crippen LogP contribution in [0.5, 0.6) is 0 Å². The van der Waals surface area contributed by atoms with Crippen molar-refractivity contribution in [1.29, 1.82) is 0 Å². The highest BCUT2D eigenvalue weighted by molar-refractivity contribution is 5.65. The minimum absolute atomic E-state index is 0.286. The number of hydrogen-bond acceptors (Lipinski definition) is 5. The van der Waals surface area contributed by atoms with Gasteiger partial charge in [0.1, 0.15) is 0 Å². The topological polar surface area (TPSA) is 81.8 Å². The summed E-state index contributed by atoms with van der Waals surface area (Å²) in [5.41, 5.74) is 7.58. The lowest BCUT2D eigenvalue weighted by molar-refractivity contribution is -0.228. The molecule has 1 aromatic carbocycles. The number of nitrogen functional groups attached to an aromatic ring is 1. The van der Waals surface area contributed by atoms with Gasteiger partial charge in [0.05, 0.1) is 12.7 Å². The zero-order valence-corrected chi connectivity index (χ0v) is 13.1. The molecule has 3 N–H and O–H groups in total. The number of esters is 1. The number of anilines is 1. The molecule has 1 aliphatic carbocycles. The fraction of sp³-hybridized carbons (Fsp3) is 0.588. The molecule has 22 heavy (non-hydrogen) atoms. The van der Waals surface area contributed by atoms with Crippen molar-refractivity contribution in [1.82, 2.24) is 0 Å². The maximum atomic E-state index is 10.8. The van der Waals surface area contributed by atoms with Gasteiger partial charge in [-0.2, -0.15) is 0 Å². The number of aliphatic hydroxyl groups is 1. The Hall–Kier alpha value is -1.59. The number of benzene rings is 1. The van der Waals surface area contributed by atoms with Crippen LogP contribution in [0.2, 0.25) is 0 Å². The first-order chi connectivity index (χ1) is 10.5. The van der Waals surface area contributed by atoms with E-state index in [4.69, 9.17) is 15.2 Å². The van der Waals surface area contributed by atoms with Crippen molar-refractivity contribution in [2.24, 2.45) is 0 Å². The summed E-state index contributed by atoms with van der Waals surface area (Å²) in [6.45, 7) is 1.74. The molecule has 1 aromatic rings. The second-order valence-electron chi connectivity index (χ2n) is 5.87. The predicted molar refractivity (Wildman–Crippen MR) is 84.0 cm³/mol. The third kappa shape index (κ3) is 4.71. The third-order valence-corrected chi connectivity index (χ3v) is 4.01. The molecular weight excluding hydrogens is 282 g/mol. The number of para-hydroxylation sites is 1. The van der Waals surface area contributed by atoms with Crippen molar-refractivity contribution in [2.75, 3.05) is 12.3 Å². The van der Waals surface area contributed by atoms with Gasteiger partial charge in [0, 0.05) is 31.0 Å². The van der Waals surface area contributed by atoms with Crippen molar-refractivity contribution in [3.05, 3.63) is 29.8 Å². The summed E-state index contributed by atoms with van der Waals surface area (Å²) in [4.78, 5) is 10.8. The van der Waals surface area contributed by atoms with E-state index in [0.29, 0.717) is 38.0 Å². The number of rotatable bonds is 7. The summed E-state index contributed by atoms with van der Waals surface area (Å²) in [6, 6.07) is 7.53. The van der Waals surface area contributed by atoms with Gasteiger partial charge in [0.2, 0.25) is 0 Å². The largest absolute Gasteiger partial charge is 0.466 e. The van der Waals surface area contributed by atoms with Crippen LogP contribution in [-0.2, 0) is 14.3 Å². The van der Waals surface area contributed by atoms with Crippen LogP contribution >= 0.6 is 0 Å². The minimum Gasteiger partial charge on any atom is -0.466 e. The third-order valence-electron chi connectivity index (χ3n) is 4.01. The second kappa shape index (κ2) is 7.61. The monoisotopic (exact) mass is 307 g/mol. The molecule has 0 aromatic heterocycles. The van der Waals surface area contributed by atoms with Crippen LogP contribution in [0.4, 0.5) is 5.69 Å². The van der Waals surface area contributed by atoms with Gasteiger partial charge in [0.15, 0.2) is 5.79 Å². The van der Waals surface area contributed by atoms with E-state index in [1.165, 1.54) is 6.92 Å². The normalized spacial score (nSPS) is 18.1. The molecule has 0 spiro atoms. The van der Waals surface area contributed by atoms with Crippen molar-refractivity contribution in [3.8, 4) is 0 Å². The minimum atomic E-state index is -1.06. The van der Waals surface area contributed by atoms with Crippen LogP contribution in [-0.4, -0.2) is 23.5 Å². The lowest BCUT2D eigenvalue weighted by Crippen LogP contribution is -2.30. The van der Waals surface area contributed by atoms with E-state index in [1.807, 2.05) is 24.3 Å². The van der Waals surface area contributed by atoms with E-state index in [0.717, 1.165) is 18.4 Å². The van der Waals surface area contributed by atoms with Gasteiger partial charge in [-0.25, -0.2) is 0 Å². The zero-order valence-electron chi connectivity index (χ0n) is 13.1. The van der Waals surface area contributed by atoms with E-state index < -0.39 is 5.79 Å². The molecule has 0 saturated heterocycles. The quantitative estimate of drug-likeness (QED) is 0.350. The molecule has 1 saturated carbocycles. The Morgan fingerprint density at radius 1 is 1.36 bits per heavy atom. The molecular formula is C17H25NO4. The van der Waals surface area contributed by atoms with E-state index >= 15 is 0 Å². The number of ether oxygens (including phenoxy) is 2. The number of nitrogens with two attached hydrogens (primary N) is 1. The molecule has 0 bridgehead atoms. The maximum absolute atomic E-state index is 10.8. The molecule has 1 aliphatic rings. The molecule has 5 nitrogen and oxygen atoms in total. The second-order valence-corrected chi connectivity index (χ2v) is 5.87. The number of hydrogen-bond donors (Lipinski definition) is 2. The molecule has 0 unspecified atom stereocenters. The van der Waals surface area contributed by atoms with Gasteiger partial charge in [0.25, 0.3) is 0 Å². The van der Waals surface area contributed by atoms with Crippen LogP contribution in [0, 0.1) is 0 Å².